The van der Waals surface area contributed by atoms with Gasteiger partial charge in [-0.2, -0.15) is 0 Å². The Hall–Kier alpha value is -1.76. The van der Waals surface area contributed by atoms with Gasteiger partial charge in [0, 0.05) is 6.92 Å². The van der Waals surface area contributed by atoms with Crippen LogP contribution in [0.5, 0.6) is 0 Å². The van der Waals surface area contributed by atoms with Crippen LogP contribution in [0.2, 0.25) is 0 Å². The number of thioether (sulfide) groups is 1. The van der Waals surface area contributed by atoms with Crippen molar-refractivity contribution in [1.29, 1.82) is 0 Å². The first-order valence-electron chi connectivity index (χ1n) is 5.67. The predicted octanol–water partition coefficient (Wildman–Crippen LogP) is 0.313. The number of rotatable bonds is 5. The van der Waals surface area contributed by atoms with Crippen molar-refractivity contribution in [2.45, 2.75) is 25.9 Å². The minimum atomic E-state index is -0.846. The molecule has 19 heavy (non-hydrogen) atoms. The molecule has 0 spiro atoms. The summed E-state index contributed by atoms with van der Waals surface area (Å²) < 4.78 is 4.82. The number of amides is 2. The van der Waals surface area contributed by atoms with E-state index in [1.165, 1.54) is 18.7 Å². The fourth-order valence-corrected chi connectivity index (χ4v) is 1.94. The Morgan fingerprint density at radius 1 is 1.47 bits per heavy atom. The Kier molecular flexibility index (Phi) is 5.62. The molecule has 1 aliphatic rings. The van der Waals surface area contributed by atoms with Gasteiger partial charge in [-0.05, 0) is 12.3 Å². The Morgan fingerprint density at radius 3 is 2.74 bits per heavy atom. The highest BCUT2D eigenvalue weighted by molar-refractivity contribution is 8.06. The van der Waals surface area contributed by atoms with Crippen LogP contribution in [-0.2, 0) is 19.1 Å². The molecule has 6 nitrogen and oxygen atoms in total. The third-order valence-corrected chi connectivity index (χ3v) is 3.21. The second-order valence-corrected chi connectivity index (χ2v) is 4.90. The lowest BCUT2D eigenvalue weighted by molar-refractivity contribution is -0.141. The highest BCUT2D eigenvalue weighted by Gasteiger charge is 2.38. The van der Waals surface area contributed by atoms with Crippen molar-refractivity contribution in [3.63, 3.8) is 0 Å². The summed E-state index contributed by atoms with van der Waals surface area (Å²) in [5.74, 6) is -1.29. The first-order chi connectivity index (χ1) is 8.95. The molecule has 104 valence electrons. The van der Waals surface area contributed by atoms with Crippen LogP contribution in [0, 0.1) is 0 Å². The Balaban J connectivity index is 2.59. The highest BCUT2D eigenvalue weighted by Crippen LogP contribution is 2.16. The Morgan fingerprint density at radius 2 is 2.16 bits per heavy atom. The predicted molar refractivity (Wildman–Crippen MR) is 72.0 cm³/mol. The molecule has 7 heteroatoms. The molecule has 1 heterocycles. The molecule has 2 unspecified atom stereocenters. The summed E-state index contributed by atoms with van der Waals surface area (Å²) in [6.45, 7) is 6.79. The molecule has 0 radical (unpaired) electrons. The fraction of sp³-hybridized carbons (Fsp3) is 0.417. The molecule has 1 aliphatic heterocycles. The molecule has 1 fully saturated rings. The zero-order chi connectivity index (χ0) is 14.4. The van der Waals surface area contributed by atoms with Gasteiger partial charge in [-0.1, -0.05) is 24.4 Å². The second kappa shape index (κ2) is 6.98. The summed E-state index contributed by atoms with van der Waals surface area (Å²) in [5.41, 5.74) is 0. The van der Waals surface area contributed by atoms with Crippen molar-refractivity contribution in [1.82, 2.24) is 10.6 Å². The second-order valence-electron chi connectivity index (χ2n) is 3.90. The number of hydrogen-bond donors (Lipinski definition) is 2. The van der Waals surface area contributed by atoms with Crippen molar-refractivity contribution in [3.8, 4) is 0 Å². The third-order valence-electron chi connectivity index (χ3n) is 2.34. The summed E-state index contributed by atoms with van der Waals surface area (Å²) >= 11 is 1.18. The Bertz CT molecular complexity index is 433. The molecule has 0 aromatic rings. The first-order valence-corrected chi connectivity index (χ1v) is 6.55. The van der Waals surface area contributed by atoms with Crippen molar-refractivity contribution in [2.24, 2.45) is 0 Å². The van der Waals surface area contributed by atoms with Gasteiger partial charge in [-0.15, -0.1) is 0 Å². The number of carbonyl (C=O) groups excluding carboxylic acids is 3. The summed E-state index contributed by atoms with van der Waals surface area (Å²) in [4.78, 5) is 34.5. The van der Waals surface area contributed by atoms with Gasteiger partial charge in [0.05, 0.1) is 10.9 Å². The third kappa shape index (κ3) is 4.44. The van der Waals surface area contributed by atoms with Gasteiger partial charge >= 0.3 is 5.97 Å². The van der Waals surface area contributed by atoms with Crippen LogP contribution in [0.3, 0.4) is 0 Å². The maximum Gasteiger partial charge on any atom is 0.331 e. The average molecular weight is 284 g/mol. The number of ether oxygens (including phenoxy) is 1. The quantitative estimate of drug-likeness (QED) is 0.561. The molecule has 1 saturated heterocycles. The fourth-order valence-electron chi connectivity index (χ4n) is 1.48. The van der Waals surface area contributed by atoms with Gasteiger partial charge in [0.25, 0.3) is 5.91 Å². The van der Waals surface area contributed by atoms with Crippen LogP contribution in [-0.4, -0.2) is 36.5 Å². The van der Waals surface area contributed by atoms with Crippen LogP contribution < -0.4 is 10.6 Å². The average Bonchev–Trinajstić information content (AvgIpc) is 2.67. The van der Waals surface area contributed by atoms with Gasteiger partial charge in [0.15, 0.2) is 6.04 Å². The number of nitrogens with one attached hydrogen (secondary N) is 2. The number of cyclic esters (lactones) is 1. The molecule has 0 aromatic heterocycles. The molecular weight excluding hydrogens is 268 g/mol. The van der Waals surface area contributed by atoms with Crippen LogP contribution in [0.1, 0.15) is 13.8 Å². The van der Waals surface area contributed by atoms with Crippen molar-refractivity contribution < 1.29 is 19.1 Å². The van der Waals surface area contributed by atoms with Gasteiger partial charge in [0.1, 0.15) is 6.61 Å². The molecule has 0 aliphatic carbocycles. The summed E-state index contributed by atoms with van der Waals surface area (Å²) in [7, 11) is 0. The minimum Gasteiger partial charge on any atom is -0.462 e. The lowest BCUT2D eigenvalue weighted by Crippen LogP contribution is -2.52. The van der Waals surface area contributed by atoms with E-state index in [1.54, 1.807) is 11.5 Å². The van der Waals surface area contributed by atoms with Crippen LogP contribution in [0.15, 0.2) is 23.0 Å². The summed E-state index contributed by atoms with van der Waals surface area (Å²) in [5, 5.41) is 6.80. The van der Waals surface area contributed by atoms with Crippen LogP contribution >= 0.6 is 11.8 Å². The maximum atomic E-state index is 11.8. The van der Waals surface area contributed by atoms with E-state index in [0.717, 1.165) is 0 Å². The minimum absolute atomic E-state index is 0.0388. The number of allylic oxidation sites excluding steroid dienone is 1. The molecular formula is C12H16N2O4S. The molecule has 1 rings (SSSR count). The number of carbonyl (C=O) groups is 3. The van der Waals surface area contributed by atoms with E-state index >= 15 is 0 Å². The van der Waals surface area contributed by atoms with E-state index in [1.807, 2.05) is 6.92 Å². The standard InChI is InChI=1S/C12H16N2O4S/c1-4-5-19-7(2)11(16)14-9-6-18-12(17)10(9)13-8(3)15/h4-5,9-10H,2,6H2,1,3H3,(H,13,15)(H,14,16)/b5-4-. The molecule has 2 N–H and O–H groups in total. The summed E-state index contributed by atoms with van der Waals surface area (Å²) in [6.07, 6.45) is 1.78. The molecule has 0 bridgehead atoms. The molecule has 0 aromatic carbocycles. The van der Waals surface area contributed by atoms with E-state index in [2.05, 4.69) is 17.2 Å². The topological polar surface area (TPSA) is 84.5 Å². The summed E-state index contributed by atoms with van der Waals surface area (Å²) in [6, 6.07) is -1.42. The van der Waals surface area contributed by atoms with E-state index < -0.39 is 18.1 Å². The van der Waals surface area contributed by atoms with Crippen molar-refractivity contribution >= 4 is 29.5 Å². The first kappa shape index (κ1) is 15.3. The SMILES string of the molecule is C=C(S/C=C\C)C(=O)NC1COC(=O)C1NC(C)=O. The van der Waals surface area contributed by atoms with E-state index in [9.17, 15) is 14.4 Å². The van der Waals surface area contributed by atoms with Crippen LogP contribution in [0.4, 0.5) is 0 Å². The molecule has 2 atom stereocenters. The highest BCUT2D eigenvalue weighted by atomic mass is 32.2. The molecule has 0 saturated carbocycles. The maximum absolute atomic E-state index is 11.8. The lowest BCUT2D eigenvalue weighted by Gasteiger charge is -2.17. The largest absolute Gasteiger partial charge is 0.462 e. The van der Waals surface area contributed by atoms with Crippen molar-refractivity contribution in [2.75, 3.05) is 6.61 Å². The zero-order valence-corrected chi connectivity index (χ0v) is 11.6. The molecule has 2 amide bonds. The number of hydrogen-bond acceptors (Lipinski definition) is 5. The van der Waals surface area contributed by atoms with E-state index in [4.69, 9.17) is 4.74 Å². The zero-order valence-electron chi connectivity index (χ0n) is 10.8. The monoisotopic (exact) mass is 284 g/mol. The smallest absolute Gasteiger partial charge is 0.331 e. The van der Waals surface area contributed by atoms with Gasteiger partial charge in [-0.25, -0.2) is 4.79 Å². The lowest BCUT2D eigenvalue weighted by atomic mass is 10.1. The normalized spacial score (nSPS) is 22.1. The van der Waals surface area contributed by atoms with Crippen molar-refractivity contribution in [3.05, 3.63) is 23.0 Å². The Labute approximate surface area is 115 Å². The van der Waals surface area contributed by atoms with Gasteiger partial charge in [-0.3, -0.25) is 9.59 Å². The number of esters is 1. The van der Waals surface area contributed by atoms with E-state index in [-0.39, 0.29) is 18.4 Å². The van der Waals surface area contributed by atoms with E-state index in [0.29, 0.717) is 4.91 Å². The van der Waals surface area contributed by atoms with Crippen LogP contribution in [0.25, 0.3) is 0 Å². The van der Waals surface area contributed by atoms with Gasteiger partial charge < -0.3 is 15.4 Å². The van der Waals surface area contributed by atoms with Gasteiger partial charge in [0.2, 0.25) is 5.91 Å².